The summed E-state index contributed by atoms with van der Waals surface area (Å²) in [6, 6.07) is 9.87. The van der Waals surface area contributed by atoms with Gasteiger partial charge in [0.05, 0.1) is 12.2 Å². The molecular weight excluding hydrogens is 423 g/mol. The molecule has 1 aromatic carbocycles. The molecule has 0 spiro atoms. The average molecular weight is 444 g/mol. The maximum Gasteiger partial charge on any atom is 0.260 e. The second-order valence-electron chi connectivity index (χ2n) is 7.84. The van der Waals surface area contributed by atoms with Crippen LogP contribution in [0.2, 0.25) is 0 Å². The lowest BCUT2D eigenvalue weighted by Gasteiger charge is -2.16. The van der Waals surface area contributed by atoms with E-state index in [0.29, 0.717) is 42.5 Å². The summed E-state index contributed by atoms with van der Waals surface area (Å²) in [6.45, 7) is 2.90. The molecular formula is C24H21FN6O2. The van der Waals surface area contributed by atoms with Crippen LogP contribution in [0.4, 0.5) is 10.2 Å². The van der Waals surface area contributed by atoms with Crippen LogP contribution in [0.1, 0.15) is 28.8 Å². The first-order chi connectivity index (χ1) is 16.1. The van der Waals surface area contributed by atoms with E-state index in [2.05, 4.69) is 25.5 Å². The number of benzene rings is 1. The Balaban J connectivity index is 1.57. The number of amides is 1. The van der Waals surface area contributed by atoms with Crippen LogP contribution in [-0.2, 0) is 6.54 Å². The molecule has 166 valence electrons. The van der Waals surface area contributed by atoms with E-state index in [1.807, 2.05) is 23.6 Å². The molecule has 4 heterocycles. The van der Waals surface area contributed by atoms with Crippen molar-refractivity contribution >= 4 is 11.7 Å². The molecule has 1 amide bonds. The van der Waals surface area contributed by atoms with Gasteiger partial charge in [0, 0.05) is 36.1 Å². The highest BCUT2D eigenvalue weighted by Gasteiger charge is 2.20. The van der Waals surface area contributed by atoms with E-state index in [9.17, 15) is 4.79 Å². The maximum absolute atomic E-state index is 15.0. The first-order valence-corrected chi connectivity index (χ1v) is 10.6. The minimum atomic E-state index is -0.482. The highest BCUT2D eigenvalue weighted by molar-refractivity contribution is 6.06. The maximum atomic E-state index is 15.0. The van der Waals surface area contributed by atoms with Gasteiger partial charge in [0.1, 0.15) is 29.4 Å². The van der Waals surface area contributed by atoms with Gasteiger partial charge >= 0.3 is 0 Å². The van der Waals surface area contributed by atoms with Crippen LogP contribution in [-0.4, -0.2) is 37.2 Å². The summed E-state index contributed by atoms with van der Waals surface area (Å²) in [5, 5.41) is 11.0. The predicted octanol–water partition coefficient (Wildman–Crippen LogP) is 4.27. The quantitative estimate of drug-likeness (QED) is 0.471. The Hall–Kier alpha value is -4.14. The van der Waals surface area contributed by atoms with E-state index in [4.69, 9.17) is 4.74 Å². The zero-order valence-electron chi connectivity index (χ0n) is 18.0. The SMILES string of the molecule is Cc1cncc(-c2cc3c(cc2F)OCCCCn2cnnc2-c2cccc(n2)NC3=O)c1. The Morgan fingerprint density at radius 1 is 1.12 bits per heavy atom. The van der Waals surface area contributed by atoms with Gasteiger partial charge in [-0.15, -0.1) is 10.2 Å². The largest absolute Gasteiger partial charge is 0.493 e. The van der Waals surface area contributed by atoms with Gasteiger partial charge in [0.15, 0.2) is 5.82 Å². The monoisotopic (exact) mass is 444 g/mol. The van der Waals surface area contributed by atoms with Crippen molar-refractivity contribution in [1.29, 1.82) is 0 Å². The molecule has 0 unspecified atom stereocenters. The molecule has 5 rings (SSSR count). The molecule has 3 aromatic heterocycles. The van der Waals surface area contributed by atoms with Crippen molar-refractivity contribution < 1.29 is 13.9 Å². The van der Waals surface area contributed by atoms with Crippen LogP contribution in [0.5, 0.6) is 5.75 Å². The number of hydrogen-bond donors (Lipinski definition) is 1. The van der Waals surface area contributed by atoms with Crippen LogP contribution < -0.4 is 10.1 Å². The van der Waals surface area contributed by atoms with Gasteiger partial charge in [-0.1, -0.05) is 6.07 Å². The number of nitrogens with zero attached hydrogens (tertiary/aromatic N) is 5. The minimum absolute atomic E-state index is 0.188. The number of pyridine rings is 2. The van der Waals surface area contributed by atoms with E-state index in [1.165, 1.54) is 12.1 Å². The first-order valence-electron chi connectivity index (χ1n) is 10.6. The molecule has 0 saturated carbocycles. The summed E-state index contributed by atoms with van der Waals surface area (Å²) in [7, 11) is 0. The molecule has 4 aromatic rings. The number of ether oxygens (including phenoxy) is 1. The molecule has 0 aliphatic carbocycles. The lowest BCUT2D eigenvalue weighted by atomic mass is 10.0. The van der Waals surface area contributed by atoms with Gasteiger partial charge in [-0.3, -0.25) is 9.78 Å². The molecule has 1 aliphatic rings. The Labute approximate surface area is 189 Å². The van der Waals surface area contributed by atoms with Crippen molar-refractivity contribution in [3.8, 4) is 28.4 Å². The van der Waals surface area contributed by atoms with Gasteiger partial charge in [-0.2, -0.15) is 0 Å². The minimum Gasteiger partial charge on any atom is -0.493 e. The Morgan fingerprint density at radius 2 is 2.03 bits per heavy atom. The van der Waals surface area contributed by atoms with E-state index < -0.39 is 11.7 Å². The van der Waals surface area contributed by atoms with Crippen LogP contribution in [0.3, 0.4) is 0 Å². The van der Waals surface area contributed by atoms with Gasteiger partial charge in [-0.25, -0.2) is 9.37 Å². The molecule has 0 radical (unpaired) electrons. The lowest BCUT2D eigenvalue weighted by Crippen LogP contribution is -2.16. The smallest absolute Gasteiger partial charge is 0.260 e. The van der Waals surface area contributed by atoms with Crippen molar-refractivity contribution in [2.75, 3.05) is 11.9 Å². The fourth-order valence-corrected chi connectivity index (χ4v) is 3.77. The summed E-state index contributed by atoms with van der Waals surface area (Å²) in [4.78, 5) is 21.9. The average Bonchev–Trinajstić information content (AvgIpc) is 3.27. The van der Waals surface area contributed by atoms with E-state index in [1.54, 1.807) is 30.9 Å². The zero-order valence-corrected chi connectivity index (χ0v) is 18.0. The molecule has 0 atom stereocenters. The number of rotatable bonds is 1. The van der Waals surface area contributed by atoms with Gasteiger partial charge in [0.2, 0.25) is 0 Å². The molecule has 0 saturated heterocycles. The van der Waals surface area contributed by atoms with Crippen LogP contribution in [0, 0.1) is 12.7 Å². The topological polar surface area (TPSA) is 94.8 Å². The van der Waals surface area contributed by atoms with Gasteiger partial charge in [-0.05, 0) is 49.6 Å². The number of fused-ring (bicyclic) bond motifs is 5. The fourth-order valence-electron chi connectivity index (χ4n) is 3.77. The predicted molar refractivity (Wildman–Crippen MR) is 120 cm³/mol. The van der Waals surface area contributed by atoms with E-state index in [-0.39, 0.29) is 16.9 Å². The number of halogens is 1. The van der Waals surface area contributed by atoms with Crippen LogP contribution in [0.15, 0.2) is 55.1 Å². The Kier molecular flexibility index (Phi) is 5.52. The number of anilines is 1. The zero-order chi connectivity index (χ0) is 22.8. The molecule has 8 nitrogen and oxygen atoms in total. The Morgan fingerprint density at radius 3 is 2.91 bits per heavy atom. The summed E-state index contributed by atoms with van der Waals surface area (Å²) in [5.74, 6) is 0.228. The van der Waals surface area contributed by atoms with Gasteiger partial charge in [0.25, 0.3) is 5.91 Å². The highest BCUT2D eigenvalue weighted by atomic mass is 19.1. The fraction of sp³-hybridized carbons (Fsp3) is 0.208. The molecule has 9 heteroatoms. The second-order valence-corrected chi connectivity index (χ2v) is 7.84. The standard InChI is InChI=1S/C24H21FN6O2/c1-15-9-16(13-26-12-15)17-10-18-21(11-19(17)25)33-8-3-2-7-31-14-27-30-23(31)20-5-4-6-22(28-20)29-24(18)32/h4-6,9-14H,2-3,7-8H2,1H3,(H,28,29,32). The van der Waals surface area contributed by atoms with Crippen molar-refractivity contribution in [2.45, 2.75) is 26.3 Å². The number of carbonyl (C=O) groups excluding carboxylic acids is 1. The van der Waals surface area contributed by atoms with Crippen molar-refractivity contribution in [3.63, 3.8) is 0 Å². The molecule has 1 aliphatic heterocycles. The van der Waals surface area contributed by atoms with Crippen LogP contribution >= 0.6 is 0 Å². The highest BCUT2D eigenvalue weighted by Crippen LogP contribution is 2.31. The Bertz CT molecular complexity index is 1340. The number of aromatic nitrogens is 5. The number of carbonyl (C=O) groups is 1. The molecule has 0 fully saturated rings. The third kappa shape index (κ3) is 4.30. The number of nitrogens with one attached hydrogen (secondary N) is 1. The molecule has 33 heavy (non-hydrogen) atoms. The van der Waals surface area contributed by atoms with E-state index in [0.717, 1.165) is 12.0 Å². The first kappa shape index (κ1) is 20.7. The normalized spacial score (nSPS) is 13.8. The summed E-state index contributed by atoms with van der Waals surface area (Å²) in [5.41, 5.74) is 2.58. The van der Waals surface area contributed by atoms with Crippen molar-refractivity contribution in [2.24, 2.45) is 0 Å². The second kappa shape index (κ2) is 8.78. The third-order valence-corrected chi connectivity index (χ3v) is 5.39. The van der Waals surface area contributed by atoms with Gasteiger partial charge < -0.3 is 14.6 Å². The molecule has 2 bridgehead atoms. The van der Waals surface area contributed by atoms with Crippen molar-refractivity contribution in [1.82, 2.24) is 24.7 Å². The summed E-state index contributed by atoms with van der Waals surface area (Å²) in [6.07, 6.45) is 6.41. The van der Waals surface area contributed by atoms with E-state index >= 15 is 4.39 Å². The lowest BCUT2D eigenvalue weighted by molar-refractivity contribution is 0.102. The van der Waals surface area contributed by atoms with Crippen LogP contribution in [0.25, 0.3) is 22.6 Å². The number of aryl methyl sites for hydroxylation is 2. The number of hydrogen-bond acceptors (Lipinski definition) is 6. The van der Waals surface area contributed by atoms with Crippen molar-refractivity contribution in [3.05, 3.63) is 72.1 Å². The molecule has 1 N–H and O–H groups in total. The third-order valence-electron chi connectivity index (χ3n) is 5.39. The summed E-state index contributed by atoms with van der Waals surface area (Å²) < 4.78 is 22.8. The summed E-state index contributed by atoms with van der Waals surface area (Å²) >= 11 is 0.